The highest BCUT2D eigenvalue weighted by molar-refractivity contribution is 5.87. The van der Waals surface area contributed by atoms with Gasteiger partial charge in [0.05, 0.1) is 0 Å². The minimum atomic E-state index is -0.632. The van der Waals surface area contributed by atoms with Gasteiger partial charge >= 0.3 is 11.9 Å². The lowest BCUT2D eigenvalue weighted by Crippen LogP contribution is -1.99. The van der Waals surface area contributed by atoms with Crippen LogP contribution >= 0.6 is 0 Å². The van der Waals surface area contributed by atoms with E-state index >= 15 is 0 Å². The van der Waals surface area contributed by atoms with Crippen molar-refractivity contribution < 1.29 is 32.9 Å². The van der Waals surface area contributed by atoms with Gasteiger partial charge in [-0.1, -0.05) is 25.3 Å². The molecule has 0 N–H and O–H groups in total. The van der Waals surface area contributed by atoms with Gasteiger partial charge in [-0.3, -0.25) is 0 Å². The van der Waals surface area contributed by atoms with E-state index in [1.807, 2.05) is 0 Å². The van der Waals surface area contributed by atoms with E-state index in [4.69, 9.17) is 14.2 Å². The number of benzene rings is 2. The number of hydrogen-bond donors (Lipinski definition) is 0. The van der Waals surface area contributed by atoms with Gasteiger partial charge in [-0.05, 0) is 36.8 Å². The summed E-state index contributed by atoms with van der Waals surface area (Å²) in [4.78, 5) is 22.1. The van der Waals surface area contributed by atoms with E-state index in [1.165, 1.54) is 19.3 Å². The fourth-order valence-electron chi connectivity index (χ4n) is 2.06. The van der Waals surface area contributed by atoms with Crippen LogP contribution in [0, 0.1) is 5.82 Å². The standard InChI is InChI=1S/C23H19FO6/c1-4-22(25)29-13-11-28-19-9-10-20(21(24)15-19)17-5-7-18(8-6-17)27-12-14-30-23(26)16(2)3/h4-15H,1-2H2,3H3/b13-11-,14-12-. The van der Waals surface area contributed by atoms with Crippen LogP contribution in [0.1, 0.15) is 6.92 Å². The van der Waals surface area contributed by atoms with Crippen molar-refractivity contribution in [1.82, 2.24) is 0 Å². The first-order chi connectivity index (χ1) is 14.4. The first kappa shape index (κ1) is 22.2. The molecule has 0 aliphatic heterocycles. The Morgan fingerprint density at radius 3 is 2.10 bits per heavy atom. The number of esters is 2. The van der Waals surface area contributed by atoms with Gasteiger partial charge in [0.15, 0.2) is 0 Å². The van der Waals surface area contributed by atoms with Crippen LogP contribution in [0.3, 0.4) is 0 Å². The largest absolute Gasteiger partial charge is 0.462 e. The molecule has 0 saturated heterocycles. The van der Waals surface area contributed by atoms with Gasteiger partial charge in [0.1, 0.15) is 42.4 Å². The van der Waals surface area contributed by atoms with Crippen molar-refractivity contribution >= 4 is 11.9 Å². The molecule has 6 nitrogen and oxygen atoms in total. The van der Waals surface area contributed by atoms with Gasteiger partial charge < -0.3 is 18.9 Å². The average Bonchev–Trinajstić information content (AvgIpc) is 2.74. The second-order valence-electron chi connectivity index (χ2n) is 5.77. The molecule has 0 saturated carbocycles. The number of carbonyl (C=O) groups excluding carboxylic acids is 2. The van der Waals surface area contributed by atoms with E-state index in [9.17, 15) is 14.0 Å². The lowest BCUT2D eigenvalue weighted by atomic mass is 10.0. The molecular formula is C23H19FO6. The van der Waals surface area contributed by atoms with Gasteiger partial charge in [-0.2, -0.15) is 0 Å². The maximum atomic E-state index is 14.4. The number of ether oxygens (including phenoxy) is 4. The Labute approximate surface area is 173 Å². The molecule has 0 aromatic heterocycles. The molecule has 0 atom stereocenters. The highest BCUT2D eigenvalue weighted by Crippen LogP contribution is 2.28. The van der Waals surface area contributed by atoms with Crippen LogP contribution in [0.15, 0.2) is 92.3 Å². The van der Waals surface area contributed by atoms with Gasteiger partial charge in [0, 0.05) is 23.3 Å². The summed E-state index contributed by atoms with van der Waals surface area (Å²) in [5.41, 5.74) is 1.26. The molecule has 2 aromatic carbocycles. The molecule has 154 valence electrons. The number of rotatable bonds is 9. The van der Waals surface area contributed by atoms with Crippen molar-refractivity contribution in [3.63, 3.8) is 0 Å². The summed E-state index contributed by atoms with van der Waals surface area (Å²) in [6.45, 7) is 8.24. The van der Waals surface area contributed by atoms with Crippen molar-refractivity contribution in [3.05, 3.63) is 98.1 Å². The number of halogens is 1. The molecule has 0 bridgehead atoms. The van der Waals surface area contributed by atoms with Gasteiger partial charge in [0.2, 0.25) is 0 Å². The van der Waals surface area contributed by atoms with Crippen molar-refractivity contribution in [3.8, 4) is 22.6 Å². The van der Waals surface area contributed by atoms with Crippen molar-refractivity contribution in [1.29, 1.82) is 0 Å². The quantitative estimate of drug-likeness (QED) is 0.328. The summed E-state index contributed by atoms with van der Waals surface area (Å²) in [6, 6.07) is 11.0. The minimum Gasteiger partial charge on any atom is -0.462 e. The highest BCUT2D eigenvalue weighted by atomic mass is 19.1. The molecule has 0 amide bonds. The first-order valence-corrected chi connectivity index (χ1v) is 8.63. The van der Waals surface area contributed by atoms with Gasteiger partial charge in [0.25, 0.3) is 0 Å². The topological polar surface area (TPSA) is 71.1 Å². The second-order valence-corrected chi connectivity index (χ2v) is 5.77. The highest BCUT2D eigenvalue weighted by Gasteiger charge is 2.07. The summed E-state index contributed by atoms with van der Waals surface area (Å²) in [5.74, 6) is -0.977. The molecule has 0 fully saturated rings. The predicted octanol–water partition coefficient (Wildman–Crippen LogP) is 5.04. The average molecular weight is 410 g/mol. The summed E-state index contributed by atoms with van der Waals surface area (Å²) in [7, 11) is 0. The van der Waals surface area contributed by atoms with Gasteiger partial charge in [-0.25, -0.2) is 14.0 Å². The maximum absolute atomic E-state index is 14.4. The van der Waals surface area contributed by atoms with Crippen LogP contribution in [0.25, 0.3) is 11.1 Å². The summed E-state index contributed by atoms with van der Waals surface area (Å²) in [6.07, 6.45) is 5.47. The normalized spacial score (nSPS) is 10.6. The molecule has 0 aliphatic carbocycles. The zero-order valence-electron chi connectivity index (χ0n) is 16.2. The van der Waals surface area contributed by atoms with Crippen molar-refractivity contribution in [2.45, 2.75) is 6.92 Å². The molecule has 30 heavy (non-hydrogen) atoms. The summed E-state index contributed by atoms with van der Waals surface area (Å²) in [5, 5.41) is 0. The summed E-state index contributed by atoms with van der Waals surface area (Å²) >= 11 is 0. The van der Waals surface area contributed by atoms with Crippen molar-refractivity contribution in [2.75, 3.05) is 0 Å². The second kappa shape index (κ2) is 11.0. The number of carbonyl (C=O) groups is 2. The zero-order chi connectivity index (χ0) is 21.9. The van der Waals surface area contributed by atoms with E-state index in [2.05, 4.69) is 17.9 Å². The van der Waals surface area contributed by atoms with Crippen LogP contribution < -0.4 is 9.47 Å². The SMILES string of the molecule is C=CC(=O)O/C=C\Oc1ccc(-c2ccc(O/C=C\OC(=O)C(=C)C)cc2)c(F)c1. The molecule has 0 radical (unpaired) electrons. The smallest absolute Gasteiger partial charge is 0.338 e. The third-order valence-electron chi connectivity index (χ3n) is 3.50. The predicted molar refractivity (Wildman–Crippen MR) is 109 cm³/mol. The fourth-order valence-corrected chi connectivity index (χ4v) is 2.06. The van der Waals surface area contributed by atoms with E-state index < -0.39 is 17.8 Å². The van der Waals surface area contributed by atoms with Crippen LogP contribution in [0.4, 0.5) is 4.39 Å². The van der Waals surface area contributed by atoms with Crippen LogP contribution in [-0.2, 0) is 19.1 Å². The molecule has 2 aromatic rings. The third-order valence-corrected chi connectivity index (χ3v) is 3.50. The molecule has 0 aliphatic rings. The monoisotopic (exact) mass is 410 g/mol. The Kier molecular flexibility index (Phi) is 8.14. The molecule has 0 spiro atoms. The van der Waals surface area contributed by atoms with E-state index in [0.717, 1.165) is 24.9 Å². The Bertz CT molecular complexity index is 989. The fraction of sp³-hybridized carbons (Fsp3) is 0.0435. The molecule has 0 heterocycles. The van der Waals surface area contributed by atoms with Crippen LogP contribution in [-0.4, -0.2) is 11.9 Å². The lowest BCUT2D eigenvalue weighted by Gasteiger charge is -2.07. The minimum absolute atomic E-state index is 0.233. The van der Waals surface area contributed by atoms with E-state index in [0.29, 0.717) is 16.9 Å². The lowest BCUT2D eigenvalue weighted by molar-refractivity contribution is -0.134. The number of hydrogen-bond acceptors (Lipinski definition) is 6. The third kappa shape index (κ3) is 6.79. The van der Waals surface area contributed by atoms with Gasteiger partial charge in [-0.15, -0.1) is 0 Å². The Morgan fingerprint density at radius 1 is 0.900 bits per heavy atom. The Hall–Kier alpha value is -4.13. The zero-order valence-corrected chi connectivity index (χ0v) is 16.2. The van der Waals surface area contributed by atoms with E-state index in [-0.39, 0.29) is 11.3 Å². The van der Waals surface area contributed by atoms with Crippen molar-refractivity contribution in [2.24, 2.45) is 0 Å². The van der Waals surface area contributed by atoms with Crippen LogP contribution in [0.5, 0.6) is 11.5 Å². The van der Waals surface area contributed by atoms with E-state index in [1.54, 1.807) is 36.4 Å². The molecule has 2 rings (SSSR count). The molecular weight excluding hydrogens is 391 g/mol. The molecule has 7 heteroatoms. The Balaban J connectivity index is 1.96. The Morgan fingerprint density at radius 2 is 1.50 bits per heavy atom. The molecule has 0 unspecified atom stereocenters. The summed E-state index contributed by atoms with van der Waals surface area (Å²) < 4.78 is 34.3. The van der Waals surface area contributed by atoms with Crippen LogP contribution in [0.2, 0.25) is 0 Å². The maximum Gasteiger partial charge on any atom is 0.338 e. The first-order valence-electron chi connectivity index (χ1n) is 8.63.